The van der Waals surface area contributed by atoms with Crippen LogP contribution in [0.25, 0.3) is 0 Å². The number of hydrogen-bond donors (Lipinski definition) is 0. The van der Waals surface area contributed by atoms with Crippen LogP contribution in [-0.4, -0.2) is 0 Å². The molecule has 100 valence electrons. The summed E-state index contributed by atoms with van der Waals surface area (Å²) in [6, 6.07) is 12.3. The SMILES string of the molecule is BrCc1ccc(COc2c(Br)cc(Br)cc2Br)cc1. The van der Waals surface area contributed by atoms with E-state index in [1.54, 1.807) is 0 Å². The van der Waals surface area contributed by atoms with E-state index in [-0.39, 0.29) is 0 Å². The fourth-order valence-corrected chi connectivity index (χ4v) is 4.41. The van der Waals surface area contributed by atoms with Crippen LogP contribution in [0.5, 0.6) is 5.75 Å². The van der Waals surface area contributed by atoms with Crippen LogP contribution >= 0.6 is 63.7 Å². The zero-order valence-electron chi connectivity index (χ0n) is 9.80. The molecule has 2 rings (SSSR count). The summed E-state index contributed by atoms with van der Waals surface area (Å²) in [6.45, 7) is 0.543. The molecule has 0 saturated carbocycles. The van der Waals surface area contributed by atoms with Gasteiger partial charge in [-0.25, -0.2) is 0 Å². The summed E-state index contributed by atoms with van der Waals surface area (Å²) in [5.74, 6) is 0.813. The van der Waals surface area contributed by atoms with Crippen molar-refractivity contribution < 1.29 is 4.74 Å². The van der Waals surface area contributed by atoms with Gasteiger partial charge in [0.15, 0.2) is 0 Å². The van der Waals surface area contributed by atoms with Gasteiger partial charge in [0.05, 0.1) is 8.95 Å². The van der Waals surface area contributed by atoms with Crippen LogP contribution in [0.2, 0.25) is 0 Å². The van der Waals surface area contributed by atoms with Gasteiger partial charge in [-0.15, -0.1) is 0 Å². The van der Waals surface area contributed by atoms with Crippen molar-refractivity contribution in [3.63, 3.8) is 0 Å². The Morgan fingerprint density at radius 3 is 1.89 bits per heavy atom. The standard InChI is InChI=1S/C14H10Br4O/c15-7-9-1-3-10(4-2-9)8-19-14-12(17)5-11(16)6-13(14)18/h1-6H,7-8H2. The van der Waals surface area contributed by atoms with E-state index in [4.69, 9.17) is 4.74 Å². The number of hydrogen-bond acceptors (Lipinski definition) is 1. The first-order chi connectivity index (χ1) is 9.10. The zero-order valence-corrected chi connectivity index (χ0v) is 16.1. The summed E-state index contributed by atoms with van der Waals surface area (Å²) in [5, 5.41) is 0.873. The maximum absolute atomic E-state index is 5.86. The third-order valence-electron chi connectivity index (χ3n) is 2.52. The third-order valence-corrected chi connectivity index (χ3v) is 4.81. The molecule has 5 heteroatoms. The molecule has 1 nitrogen and oxygen atoms in total. The Morgan fingerprint density at radius 2 is 1.37 bits per heavy atom. The molecule has 0 aliphatic carbocycles. The molecule has 0 radical (unpaired) electrons. The minimum Gasteiger partial charge on any atom is -0.487 e. The van der Waals surface area contributed by atoms with Crippen LogP contribution in [0.4, 0.5) is 0 Å². The number of halogens is 4. The summed E-state index contributed by atoms with van der Waals surface area (Å²) in [5.41, 5.74) is 2.40. The van der Waals surface area contributed by atoms with Crippen LogP contribution in [-0.2, 0) is 11.9 Å². The second kappa shape index (κ2) is 7.25. The van der Waals surface area contributed by atoms with Gasteiger partial charge in [0, 0.05) is 9.80 Å². The predicted molar refractivity (Wildman–Crippen MR) is 92.9 cm³/mol. The van der Waals surface area contributed by atoms with Crippen molar-refractivity contribution in [3.8, 4) is 5.75 Å². The maximum Gasteiger partial charge on any atom is 0.148 e. The topological polar surface area (TPSA) is 9.23 Å². The largest absolute Gasteiger partial charge is 0.487 e. The van der Waals surface area contributed by atoms with E-state index in [9.17, 15) is 0 Å². The predicted octanol–water partition coefficient (Wildman–Crippen LogP) is 6.45. The fraction of sp³-hybridized carbons (Fsp3) is 0.143. The molecule has 0 atom stereocenters. The van der Waals surface area contributed by atoms with Crippen LogP contribution in [0, 0.1) is 0 Å². The second-order valence-electron chi connectivity index (χ2n) is 3.94. The van der Waals surface area contributed by atoms with Crippen LogP contribution in [0.1, 0.15) is 11.1 Å². The molecule has 2 aromatic rings. The fourth-order valence-electron chi connectivity index (χ4n) is 1.55. The molecular weight excluding hydrogens is 504 g/mol. The van der Waals surface area contributed by atoms with Crippen molar-refractivity contribution in [1.82, 2.24) is 0 Å². The highest BCUT2D eigenvalue weighted by Crippen LogP contribution is 2.36. The first-order valence-corrected chi connectivity index (χ1v) is 9.01. The Bertz CT molecular complexity index is 543. The van der Waals surface area contributed by atoms with Crippen molar-refractivity contribution >= 4 is 63.7 Å². The Hall–Kier alpha value is 0.160. The number of rotatable bonds is 4. The minimum atomic E-state index is 0.543. The zero-order chi connectivity index (χ0) is 13.8. The van der Waals surface area contributed by atoms with Gasteiger partial charge >= 0.3 is 0 Å². The van der Waals surface area contributed by atoms with Crippen molar-refractivity contribution in [3.05, 3.63) is 60.9 Å². The molecule has 0 aliphatic heterocycles. The van der Waals surface area contributed by atoms with Crippen molar-refractivity contribution in [1.29, 1.82) is 0 Å². The molecule has 0 fully saturated rings. The van der Waals surface area contributed by atoms with Gasteiger partial charge < -0.3 is 4.74 Å². The van der Waals surface area contributed by atoms with Gasteiger partial charge in [-0.05, 0) is 55.1 Å². The van der Waals surface area contributed by atoms with Crippen molar-refractivity contribution in [2.75, 3.05) is 0 Å². The molecule has 0 amide bonds. The lowest BCUT2D eigenvalue weighted by Crippen LogP contribution is -1.97. The molecule has 0 aliphatic rings. The van der Waals surface area contributed by atoms with E-state index in [1.807, 2.05) is 12.1 Å². The Balaban J connectivity index is 2.10. The molecule has 0 unspecified atom stereocenters. The van der Waals surface area contributed by atoms with Gasteiger partial charge in [-0.3, -0.25) is 0 Å². The Labute approximate surface area is 146 Å². The van der Waals surface area contributed by atoms with Crippen molar-refractivity contribution in [2.24, 2.45) is 0 Å². The Morgan fingerprint density at radius 1 is 0.842 bits per heavy atom. The molecule has 0 saturated heterocycles. The first-order valence-electron chi connectivity index (χ1n) is 5.51. The molecule has 19 heavy (non-hydrogen) atoms. The van der Waals surface area contributed by atoms with Gasteiger partial charge in [0.2, 0.25) is 0 Å². The second-order valence-corrected chi connectivity index (χ2v) is 7.12. The minimum absolute atomic E-state index is 0.543. The van der Waals surface area contributed by atoms with Crippen molar-refractivity contribution in [2.45, 2.75) is 11.9 Å². The third kappa shape index (κ3) is 4.31. The summed E-state index contributed by atoms with van der Waals surface area (Å²) in [4.78, 5) is 0. The highest BCUT2D eigenvalue weighted by Gasteiger charge is 2.08. The Kier molecular flexibility index (Phi) is 5.93. The summed E-state index contributed by atoms with van der Waals surface area (Å²) in [6.07, 6.45) is 0. The van der Waals surface area contributed by atoms with Gasteiger partial charge in [-0.2, -0.15) is 0 Å². The lowest BCUT2D eigenvalue weighted by molar-refractivity contribution is 0.302. The van der Waals surface area contributed by atoms with E-state index >= 15 is 0 Å². The van der Waals surface area contributed by atoms with Crippen LogP contribution in [0.3, 0.4) is 0 Å². The lowest BCUT2D eigenvalue weighted by atomic mass is 10.2. The highest BCUT2D eigenvalue weighted by molar-refractivity contribution is 9.11. The number of benzene rings is 2. The molecule has 0 aromatic heterocycles. The van der Waals surface area contributed by atoms with Gasteiger partial charge in [0.25, 0.3) is 0 Å². The lowest BCUT2D eigenvalue weighted by Gasteiger charge is -2.11. The van der Waals surface area contributed by atoms with E-state index < -0.39 is 0 Å². The molecule has 0 bridgehead atoms. The van der Waals surface area contributed by atoms with Crippen LogP contribution in [0.15, 0.2) is 49.8 Å². The number of alkyl halides is 1. The molecular formula is C14H10Br4O. The van der Waals surface area contributed by atoms with E-state index in [2.05, 4.69) is 88.0 Å². The molecule has 0 spiro atoms. The molecule has 2 aromatic carbocycles. The van der Waals surface area contributed by atoms with Crippen LogP contribution < -0.4 is 4.74 Å². The summed E-state index contributed by atoms with van der Waals surface area (Å²) < 4.78 is 8.70. The maximum atomic E-state index is 5.86. The van der Waals surface area contributed by atoms with Gasteiger partial charge in [-0.1, -0.05) is 56.1 Å². The van der Waals surface area contributed by atoms with E-state index in [1.165, 1.54) is 5.56 Å². The van der Waals surface area contributed by atoms with E-state index in [0.29, 0.717) is 6.61 Å². The average Bonchev–Trinajstić information content (AvgIpc) is 2.38. The highest BCUT2D eigenvalue weighted by atomic mass is 79.9. The monoisotopic (exact) mass is 510 g/mol. The smallest absolute Gasteiger partial charge is 0.148 e. The molecule has 0 N–H and O–H groups in total. The average molecular weight is 514 g/mol. The van der Waals surface area contributed by atoms with Gasteiger partial charge in [0.1, 0.15) is 12.4 Å². The van der Waals surface area contributed by atoms with E-state index in [0.717, 1.165) is 30.1 Å². The first kappa shape index (κ1) is 15.5. The summed E-state index contributed by atoms with van der Waals surface area (Å²) in [7, 11) is 0. The number of ether oxygens (including phenoxy) is 1. The normalized spacial score (nSPS) is 10.5. The molecule has 0 heterocycles. The summed E-state index contributed by atoms with van der Waals surface area (Å²) >= 11 is 13.9. The quantitative estimate of drug-likeness (QED) is 0.427.